The average Bonchev–Trinajstić information content (AvgIpc) is 2.28. The summed E-state index contributed by atoms with van der Waals surface area (Å²) in [5.41, 5.74) is 0. The minimum atomic E-state index is -0.237. The molecule has 17 heavy (non-hydrogen) atoms. The van der Waals surface area contributed by atoms with E-state index in [9.17, 15) is 8.78 Å². The predicted molar refractivity (Wildman–Crippen MR) is 64.1 cm³/mol. The van der Waals surface area contributed by atoms with Crippen molar-refractivity contribution in [1.82, 2.24) is 0 Å². The van der Waals surface area contributed by atoms with Gasteiger partial charge in [-0.15, -0.1) is 0 Å². The van der Waals surface area contributed by atoms with E-state index in [4.69, 9.17) is 25.3 Å². The number of hydrogen-bond donors (Lipinski definition) is 0. The fraction of sp³-hybridized carbons (Fsp3) is 0. The van der Waals surface area contributed by atoms with Crippen LogP contribution in [0.15, 0.2) is 58.3 Å². The van der Waals surface area contributed by atoms with Crippen molar-refractivity contribution in [3.8, 4) is 0 Å². The summed E-state index contributed by atoms with van der Waals surface area (Å²) >= 11 is 9.41. The third-order valence-corrected chi connectivity index (χ3v) is 2.17. The van der Waals surface area contributed by atoms with Crippen LogP contribution in [-0.2, 0) is 46.3 Å². The molecule has 2 aromatic rings. The molecule has 0 aromatic heterocycles. The second kappa shape index (κ2) is 8.51. The number of rotatable bonds is 0. The molecule has 0 atom stereocenters. The molecule has 0 unspecified atom stereocenters. The van der Waals surface area contributed by atoms with Gasteiger partial charge in [-0.05, 0) is 24.3 Å². The molecular formula is C12H8F2PtS2. The van der Waals surface area contributed by atoms with Crippen LogP contribution in [0.3, 0.4) is 0 Å². The van der Waals surface area contributed by atoms with Crippen LogP contribution in [0.1, 0.15) is 0 Å². The van der Waals surface area contributed by atoms with Crippen LogP contribution in [-0.4, -0.2) is 0 Å². The van der Waals surface area contributed by atoms with E-state index in [1.807, 2.05) is 0 Å². The molecule has 0 aliphatic carbocycles. The van der Waals surface area contributed by atoms with Crippen LogP contribution in [0.5, 0.6) is 0 Å². The van der Waals surface area contributed by atoms with E-state index in [2.05, 4.69) is 0 Å². The Kier molecular flexibility index (Phi) is 8.22. The van der Waals surface area contributed by atoms with Gasteiger partial charge in [0.1, 0.15) is 11.6 Å². The fourth-order valence-electron chi connectivity index (χ4n) is 0.869. The standard InChI is InChI=1S/2C6H5FS.Pt/c2*7-5-1-3-6(8)4-2-5;/h2*1-4,8H;/q;;+2/p-2. The predicted octanol–water partition coefficient (Wildman–Crippen LogP) is 3.46. The Morgan fingerprint density at radius 2 is 0.824 bits per heavy atom. The molecule has 0 amide bonds. The van der Waals surface area contributed by atoms with Gasteiger partial charge in [-0.1, -0.05) is 24.3 Å². The molecular weight excluding hydrogens is 441 g/mol. The minimum Gasteiger partial charge on any atom is -0.780 e. The zero-order valence-corrected chi connectivity index (χ0v) is 12.4. The number of benzene rings is 2. The summed E-state index contributed by atoms with van der Waals surface area (Å²) in [7, 11) is 0. The molecule has 0 saturated carbocycles. The molecule has 0 radical (unpaired) electrons. The summed E-state index contributed by atoms with van der Waals surface area (Å²) < 4.78 is 24.1. The van der Waals surface area contributed by atoms with Crippen LogP contribution in [0, 0.1) is 11.6 Å². The molecule has 2 rings (SSSR count). The van der Waals surface area contributed by atoms with Crippen molar-refractivity contribution < 1.29 is 29.8 Å². The minimum absolute atomic E-state index is 0. The molecule has 92 valence electrons. The Bertz CT molecular complexity index is 344. The molecule has 0 bridgehead atoms. The van der Waals surface area contributed by atoms with Crippen LogP contribution < -0.4 is 0 Å². The number of halogens is 2. The molecule has 0 fully saturated rings. The largest absolute Gasteiger partial charge is 2.00 e. The summed E-state index contributed by atoms with van der Waals surface area (Å²) in [5.74, 6) is -0.475. The van der Waals surface area contributed by atoms with E-state index in [1.165, 1.54) is 24.3 Å². The quantitative estimate of drug-likeness (QED) is 0.566. The van der Waals surface area contributed by atoms with Crippen molar-refractivity contribution in [3.05, 3.63) is 60.2 Å². The first kappa shape index (κ1) is 16.4. The van der Waals surface area contributed by atoms with E-state index in [1.54, 1.807) is 24.3 Å². The van der Waals surface area contributed by atoms with Crippen LogP contribution in [0.25, 0.3) is 0 Å². The maximum atomic E-state index is 12.0. The van der Waals surface area contributed by atoms with Crippen molar-refractivity contribution in [1.29, 1.82) is 0 Å². The van der Waals surface area contributed by atoms with Gasteiger partial charge < -0.3 is 25.3 Å². The van der Waals surface area contributed by atoms with Gasteiger partial charge in [-0.25, -0.2) is 8.78 Å². The maximum absolute atomic E-state index is 12.0. The molecule has 0 saturated heterocycles. The van der Waals surface area contributed by atoms with Gasteiger partial charge in [0, 0.05) is 0 Å². The van der Waals surface area contributed by atoms with Crippen LogP contribution in [0.2, 0.25) is 0 Å². The van der Waals surface area contributed by atoms with Crippen molar-refractivity contribution in [2.45, 2.75) is 9.79 Å². The summed E-state index contributed by atoms with van der Waals surface area (Å²) in [6.45, 7) is 0. The molecule has 0 aliphatic heterocycles. The third kappa shape index (κ3) is 7.37. The van der Waals surface area contributed by atoms with E-state index in [-0.39, 0.29) is 32.7 Å². The van der Waals surface area contributed by atoms with E-state index < -0.39 is 0 Å². The molecule has 0 heterocycles. The van der Waals surface area contributed by atoms with Crippen molar-refractivity contribution in [2.75, 3.05) is 0 Å². The Morgan fingerprint density at radius 1 is 0.588 bits per heavy atom. The Labute approximate surface area is 125 Å². The van der Waals surface area contributed by atoms with E-state index >= 15 is 0 Å². The summed E-state index contributed by atoms with van der Waals surface area (Å²) in [6.07, 6.45) is 0. The van der Waals surface area contributed by atoms with Gasteiger partial charge in [0.25, 0.3) is 0 Å². The van der Waals surface area contributed by atoms with Gasteiger partial charge in [-0.2, -0.15) is 9.79 Å². The molecule has 2 aromatic carbocycles. The second-order valence-corrected chi connectivity index (χ2v) is 3.85. The molecule has 0 aliphatic rings. The fourth-order valence-corrected chi connectivity index (χ4v) is 1.14. The topological polar surface area (TPSA) is 0 Å². The van der Waals surface area contributed by atoms with E-state index in [0.29, 0.717) is 9.79 Å². The SMILES string of the molecule is Fc1ccc([S-])cc1.Fc1ccc([S-])cc1.[Pt+2]. The second-order valence-electron chi connectivity index (χ2n) is 2.91. The zero-order chi connectivity index (χ0) is 12.0. The average molecular weight is 449 g/mol. The Hall–Kier alpha value is -0.572. The van der Waals surface area contributed by atoms with Crippen molar-refractivity contribution >= 4 is 25.3 Å². The summed E-state index contributed by atoms with van der Waals surface area (Å²) in [4.78, 5) is 1.35. The van der Waals surface area contributed by atoms with Gasteiger partial charge in [0.15, 0.2) is 0 Å². The molecule has 0 spiro atoms. The Balaban J connectivity index is 0.000000284. The van der Waals surface area contributed by atoms with Gasteiger partial charge in [-0.3, -0.25) is 0 Å². The normalized spacial score (nSPS) is 8.59. The smallest absolute Gasteiger partial charge is 0.780 e. The third-order valence-electron chi connectivity index (χ3n) is 1.63. The summed E-state index contributed by atoms with van der Waals surface area (Å²) in [6, 6.07) is 11.6. The van der Waals surface area contributed by atoms with Crippen LogP contribution >= 0.6 is 0 Å². The first-order valence-electron chi connectivity index (χ1n) is 4.43. The molecule has 5 heteroatoms. The first-order chi connectivity index (χ1) is 7.58. The van der Waals surface area contributed by atoms with Gasteiger partial charge in [0.05, 0.1) is 0 Å². The van der Waals surface area contributed by atoms with Crippen LogP contribution in [0.4, 0.5) is 8.78 Å². The monoisotopic (exact) mass is 449 g/mol. The Morgan fingerprint density at radius 3 is 1.00 bits per heavy atom. The van der Waals surface area contributed by atoms with Crippen molar-refractivity contribution in [3.63, 3.8) is 0 Å². The maximum Gasteiger partial charge on any atom is 2.00 e. The zero-order valence-electron chi connectivity index (χ0n) is 8.51. The van der Waals surface area contributed by atoms with Crippen molar-refractivity contribution in [2.24, 2.45) is 0 Å². The molecule has 0 N–H and O–H groups in total. The number of hydrogen-bond acceptors (Lipinski definition) is 2. The molecule has 0 nitrogen and oxygen atoms in total. The summed E-state index contributed by atoms with van der Waals surface area (Å²) in [5, 5.41) is 0. The van der Waals surface area contributed by atoms with Gasteiger partial charge in [0.2, 0.25) is 0 Å². The van der Waals surface area contributed by atoms with Gasteiger partial charge >= 0.3 is 21.1 Å². The van der Waals surface area contributed by atoms with E-state index in [0.717, 1.165) is 0 Å². The first-order valence-corrected chi connectivity index (χ1v) is 5.25.